The summed E-state index contributed by atoms with van der Waals surface area (Å²) in [5.74, 6) is -4.82. The van der Waals surface area contributed by atoms with Crippen LogP contribution in [0.25, 0.3) is 21.5 Å². The molecule has 0 bridgehead atoms. The number of rotatable bonds is 15. The van der Waals surface area contributed by atoms with Crippen molar-refractivity contribution in [3.8, 4) is 11.5 Å². The summed E-state index contributed by atoms with van der Waals surface area (Å²) in [6.07, 6.45) is -1.60. The number of aliphatic hydroxyl groups is 4. The van der Waals surface area contributed by atoms with Gasteiger partial charge in [-0.3, -0.25) is 4.79 Å². The number of carbonyl (C=O) groups is 4. The highest BCUT2D eigenvalue weighted by Crippen LogP contribution is 2.41. The van der Waals surface area contributed by atoms with E-state index in [-0.39, 0.29) is 48.5 Å². The van der Waals surface area contributed by atoms with Crippen LogP contribution in [-0.4, -0.2) is 214 Å². The third-order valence-electron chi connectivity index (χ3n) is 17.4. The van der Waals surface area contributed by atoms with Gasteiger partial charge in [0.25, 0.3) is 0 Å². The van der Waals surface area contributed by atoms with Gasteiger partial charge in [-0.2, -0.15) is 0 Å². The van der Waals surface area contributed by atoms with Crippen LogP contribution >= 0.6 is 0 Å². The highest BCUT2D eigenvalue weighted by Gasteiger charge is 2.52. The molecule has 0 radical (unpaired) electrons. The molecule has 0 aromatic heterocycles. The lowest BCUT2D eigenvalue weighted by Crippen LogP contribution is -2.65. The Morgan fingerprint density at radius 3 is 1.86 bits per heavy atom. The fraction of sp³-hybridized carbons (Fsp3) is 0.576. The number of allylic oxidation sites excluding steroid dienone is 2. The molecular formula is C66H90N2O20. The SMILES string of the molecule is CO[C@@H]1[C@H](O[C@@H]2O[C@H](C)[C@@H](O[C@H]3C[C@@](C)(O)[C@@H](O)[C@H](C)O3)[C@@H](N(C)C)[C@@H]2O)[C@@H](CC=O)C[C@@H](C)[C@@H](O[C@H]2CC[C@H](N(C)C)[C@@H](C)O2)C=CC=CC[C@@H](C)OC(=O)C[C@H]1O.O=C(O)c1cc2ccccc2c(Cc2c(O)c(C(=O)O)cc3ccccc23)c1O. The van der Waals surface area contributed by atoms with E-state index in [9.17, 15) is 60.0 Å². The van der Waals surface area contributed by atoms with Crippen LogP contribution in [0.4, 0.5) is 0 Å². The molecule has 4 aliphatic rings. The van der Waals surface area contributed by atoms with E-state index in [0.29, 0.717) is 51.9 Å². The number of cyclic esters (lactones) is 1. The molecule has 484 valence electrons. The van der Waals surface area contributed by atoms with Gasteiger partial charge in [0.15, 0.2) is 18.9 Å². The van der Waals surface area contributed by atoms with Crippen LogP contribution in [0.2, 0.25) is 0 Å². The Morgan fingerprint density at radius 1 is 0.739 bits per heavy atom. The Hall–Kier alpha value is -5.96. The van der Waals surface area contributed by atoms with E-state index < -0.39 is 133 Å². The molecule has 22 nitrogen and oxygen atoms in total. The minimum Gasteiger partial charge on any atom is -0.507 e. The van der Waals surface area contributed by atoms with Crippen molar-refractivity contribution in [1.29, 1.82) is 0 Å². The van der Waals surface area contributed by atoms with Crippen molar-refractivity contribution in [2.75, 3.05) is 35.3 Å². The molecule has 19 atom stereocenters. The van der Waals surface area contributed by atoms with Gasteiger partial charge in [0, 0.05) is 50.0 Å². The van der Waals surface area contributed by atoms with Gasteiger partial charge in [0.2, 0.25) is 0 Å². The number of esters is 1. The second-order valence-electron chi connectivity index (χ2n) is 24.5. The first-order valence-electron chi connectivity index (χ1n) is 30.1. The highest BCUT2D eigenvalue weighted by molar-refractivity contribution is 6.02. The van der Waals surface area contributed by atoms with Crippen LogP contribution in [-0.2, 0) is 53.9 Å². The van der Waals surface area contributed by atoms with Crippen LogP contribution in [0.5, 0.6) is 11.5 Å². The van der Waals surface area contributed by atoms with E-state index in [2.05, 4.69) is 4.90 Å². The summed E-state index contributed by atoms with van der Waals surface area (Å²) in [6.45, 7) is 10.8. The number of fused-ring (bicyclic) bond motifs is 2. The van der Waals surface area contributed by atoms with Crippen molar-refractivity contribution >= 4 is 45.7 Å². The maximum Gasteiger partial charge on any atom is 0.339 e. The van der Waals surface area contributed by atoms with Crippen LogP contribution in [0.3, 0.4) is 0 Å². The number of aliphatic hydroxyl groups excluding tert-OH is 3. The summed E-state index contributed by atoms with van der Waals surface area (Å²) < 4.78 is 50.0. The Kier molecular flexibility index (Phi) is 24.3. The molecule has 4 aromatic rings. The minimum absolute atomic E-state index is 0.00885. The lowest BCUT2D eigenvalue weighted by atomic mass is 9.82. The van der Waals surface area contributed by atoms with Crippen LogP contribution in [0.15, 0.2) is 85.0 Å². The fourth-order valence-electron chi connectivity index (χ4n) is 12.8. The zero-order valence-corrected chi connectivity index (χ0v) is 52.1. The second-order valence-corrected chi connectivity index (χ2v) is 24.5. The van der Waals surface area contributed by atoms with Gasteiger partial charge in [-0.05, 0) is 128 Å². The van der Waals surface area contributed by atoms with Crippen LogP contribution < -0.4 is 0 Å². The number of likely N-dealkylation sites (N-methyl/N-ethyl adjacent to an activating group) is 2. The number of ether oxygens (including phenoxy) is 8. The van der Waals surface area contributed by atoms with Gasteiger partial charge in [-0.1, -0.05) is 79.8 Å². The first-order chi connectivity index (χ1) is 41.6. The lowest BCUT2D eigenvalue weighted by Gasteiger charge is -2.50. The number of nitrogens with zero attached hydrogens (tertiary/aromatic N) is 2. The molecule has 4 aromatic carbocycles. The third kappa shape index (κ3) is 16.7. The highest BCUT2D eigenvalue weighted by atomic mass is 16.7. The summed E-state index contributed by atoms with van der Waals surface area (Å²) >= 11 is 0. The second kappa shape index (κ2) is 30.7. The third-order valence-corrected chi connectivity index (χ3v) is 17.4. The molecule has 0 aliphatic carbocycles. The number of hydrogen-bond acceptors (Lipinski definition) is 20. The lowest BCUT2D eigenvalue weighted by molar-refractivity contribution is -0.344. The Morgan fingerprint density at radius 2 is 1.33 bits per heavy atom. The standard InChI is InChI=1S/C43H74N2O14.C23H16O6/c1-24-21-29(19-20-46)39(59-42-37(49)36(45(9)10)38(27(4)56-42)58-35-23-43(6,51)41(50)28(5)55-35)40(52-11)31(47)22-33(48)53-25(2)15-13-12-14-16-32(24)57-34-18-17-30(44(7)8)26(3)54-34;24-20-16(14-7-3-1-5-12(14)9-18(20)22(26)27)11-17-15-8-4-2-6-13(15)10-19(21(17)25)23(28)29/h12-14,16,20,24-32,34-42,47,49-51H,15,17-19,21-23H2,1-11H3;1-10,24-25H,11H2,(H,26,27)(H,28,29)/t24-,25-,26-,27-,28+,29+,30+,31-,32+,34+,35+,36+,37+,38-,39-,40+,41+,42+,43-;/m1./s1. The van der Waals surface area contributed by atoms with Crippen molar-refractivity contribution in [1.82, 2.24) is 9.80 Å². The Labute approximate surface area is 514 Å². The van der Waals surface area contributed by atoms with Crippen molar-refractivity contribution in [3.05, 3.63) is 107 Å². The number of aldehydes is 1. The van der Waals surface area contributed by atoms with Gasteiger partial charge in [0.05, 0.1) is 54.7 Å². The fourth-order valence-corrected chi connectivity index (χ4v) is 12.8. The van der Waals surface area contributed by atoms with E-state index in [1.54, 1.807) is 88.3 Å². The molecule has 0 saturated carbocycles. The van der Waals surface area contributed by atoms with Crippen molar-refractivity contribution < 1.29 is 97.9 Å². The number of aromatic hydroxyl groups is 2. The zero-order valence-electron chi connectivity index (χ0n) is 52.1. The molecule has 22 heteroatoms. The summed E-state index contributed by atoms with van der Waals surface area (Å²) in [7, 11) is 9.03. The van der Waals surface area contributed by atoms with Gasteiger partial charge >= 0.3 is 17.9 Å². The predicted molar refractivity (Wildman–Crippen MR) is 325 cm³/mol. The van der Waals surface area contributed by atoms with Gasteiger partial charge in [-0.25, -0.2) is 9.59 Å². The van der Waals surface area contributed by atoms with Gasteiger partial charge < -0.3 is 93.3 Å². The van der Waals surface area contributed by atoms with E-state index in [0.717, 1.165) is 12.7 Å². The largest absolute Gasteiger partial charge is 0.507 e. The monoisotopic (exact) mass is 1230 g/mol. The van der Waals surface area contributed by atoms with E-state index in [4.69, 9.17) is 37.9 Å². The molecule has 0 unspecified atom stereocenters. The van der Waals surface area contributed by atoms with Gasteiger partial charge in [0.1, 0.15) is 59.4 Å². The zero-order chi connectivity index (χ0) is 64.5. The number of phenols is 2. The first-order valence-corrected chi connectivity index (χ1v) is 30.1. The predicted octanol–water partition coefficient (Wildman–Crippen LogP) is 6.72. The number of carboxylic acids is 2. The quantitative estimate of drug-likeness (QED) is 0.0452. The van der Waals surface area contributed by atoms with Crippen LogP contribution in [0, 0.1) is 11.8 Å². The maximum absolute atomic E-state index is 13.1. The van der Waals surface area contributed by atoms with Gasteiger partial charge in [-0.15, -0.1) is 0 Å². The maximum atomic E-state index is 13.1. The summed E-state index contributed by atoms with van der Waals surface area (Å²) in [4.78, 5) is 52.7. The molecule has 0 spiro atoms. The molecule has 3 fully saturated rings. The van der Waals surface area contributed by atoms with Crippen molar-refractivity contribution in [2.24, 2.45) is 11.8 Å². The van der Waals surface area contributed by atoms with E-state index >= 15 is 0 Å². The Balaban J connectivity index is 0.000000315. The van der Waals surface area contributed by atoms with E-state index in [1.807, 2.05) is 52.2 Å². The Bertz CT molecular complexity index is 2980. The number of benzene rings is 4. The summed E-state index contributed by atoms with van der Waals surface area (Å²) in [5.41, 5.74) is -1.36. The number of hydrogen-bond donors (Lipinski definition) is 8. The molecule has 0 amide bonds. The molecule has 8 rings (SSSR count). The van der Waals surface area contributed by atoms with E-state index in [1.165, 1.54) is 26.2 Å². The van der Waals surface area contributed by atoms with Crippen molar-refractivity contribution in [2.45, 2.75) is 197 Å². The number of aromatic carboxylic acids is 2. The first kappa shape index (κ1) is 69.5. The summed E-state index contributed by atoms with van der Waals surface area (Å²) in [6, 6.07) is 16.3. The average molecular weight is 1230 g/mol. The number of methoxy groups -OCH3 is 1. The molecule has 8 N–H and O–H groups in total. The topological polar surface area (TPSA) is 310 Å². The molecule has 4 heterocycles. The van der Waals surface area contributed by atoms with Crippen LogP contribution in [0.1, 0.15) is 118 Å². The molecule has 3 saturated heterocycles. The number of carboxylic acid groups (broad SMARTS) is 2. The molecule has 88 heavy (non-hydrogen) atoms. The molecule has 4 aliphatic heterocycles. The summed E-state index contributed by atoms with van der Waals surface area (Å²) in [5, 5.41) is 87.9. The minimum atomic E-state index is -1.47. The smallest absolute Gasteiger partial charge is 0.339 e. The normalized spacial score (nSPS) is 33.6. The average Bonchev–Trinajstić information content (AvgIpc) is 2.19. The van der Waals surface area contributed by atoms with Crippen molar-refractivity contribution in [3.63, 3.8) is 0 Å². The number of carbonyl (C=O) groups excluding carboxylic acids is 2. The molecular weight excluding hydrogens is 1140 g/mol.